The van der Waals surface area contributed by atoms with Gasteiger partial charge in [-0.05, 0) is 79.4 Å². The van der Waals surface area contributed by atoms with Gasteiger partial charge in [-0.25, -0.2) is 0 Å². The molecule has 0 bridgehead atoms. The minimum atomic E-state index is -0.00749. The summed E-state index contributed by atoms with van der Waals surface area (Å²) in [7, 11) is 0. The number of aromatic amines is 1. The molecule has 0 unspecified atom stereocenters. The molecular formula is C27H28ClN3O2. The fraction of sp³-hybridized carbons (Fsp3) is 0.259. The van der Waals surface area contributed by atoms with Gasteiger partial charge in [0.05, 0.1) is 18.0 Å². The lowest BCUT2D eigenvalue weighted by atomic mass is 10.0. The monoisotopic (exact) mass is 461 g/mol. The Hall–Kier alpha value is -3.31. The van der Waals surface area contributed by atoms with E-state index >= 15 is 0 Å². The van der Waals surface area contributed by atoms with E-state index in [4.69, 9.17) is 16.3 Å². The van der Waals surface area contributed by atoms with Gasteiger partial charge in [0.25, 0.3) is 0 Å². The maximum Gasteiger partial charge on any atom is 0.224 e. The molecule has 2 N–H and O–H groups in total. The Labute approximate surface area is 199 Å². The van der Waals surface area contributed by atoms with Crippen LogP contribution in [0.3, 0.4) is 0 Å². The summed E-state index contributed by atoms with van der Waals surface area (Å²) in [6.07, 6.45) is 5.79. The minimum Gasteiger partial charge on any atom is -0.494 e. The highest BCUT2D eigenvalue weighted by atomic mass is 35.5. The van der Waals surface area contributed by atoms with Crippen LogP contribution in [0.25, 0.3) is 22.3 Å². The van der Waals surface area contributed by atoms with Crippen molar-refractivity contribution in [2.45, 2.75) is 39.0 Å². The molecule has 2 aromatic carbocycles. The number of ether oxygens (including phenoxy) is 1. The zero-order valence-corrected chi connectivity index (χ0v) is 19.5. The van der Waals surface area contributed by atoms with E-state index in [2.05, 4.69) is 22.2 Å². The number of fused-ring (bicyclic) bond motifs is 1. The standard InChI is InChI=1S/C27H28ClN3O2/c1-2-3-17-33-21-13-11-20(12-14-21)30-26(32)9-6-7-22-23-18-19(28)10-15-24(23)31-27(22)25-8-4-5-16-29-25/h4-5,8,10-16,18,31H,2-3,6-7,9,17H2,1H3,(H,30,32). The number of hydrogen-bond acceptors (Lipinski definition) is 3. The van der Waals surface area contributed by atoms with Crippen LogP contribution < -0.4 is 10.1 Å². The third-order valence-corrected chi connectivity index (χ3v) is 5.76. The predicted octanol–water partition coefficient (Wildman–Crippen LogP) is 7.02. The van der Waals surface area contributed by atoms with Crippen molar-refractivity contribution in [1.82, 2.24) is 9.97 Å². The zero-order chi connectivity index (χ0) is 23.0. The van der Waals surface area contributed by atoms with E-state index < -0.39 is 0 Å². The van der Waals surface area contributed by atoms with E-state index in [1.807, 2.05) is 60.7 Å². The van der Waals surface area contributed by atoms with Crippen LogP contribution in [0.1, 0.15) is 38.2 Å². The zero-order valence-electron chi connectivity index (χ0n) is 18.7. The molecule has 2 heterocycles. The van der Waals surface area contributed by atoms with Gasteiger partial charge in [0.15, 0.2) is 0 Å². The Balaban J connectivity index is 1.39. The number of pyridine rings is 1. The van der Waals surface area contributed by atoms with Crippen LogP contribution >= 0.6 is 11.6 Å². The second-order valence-corrected chi connectivity index (χ2v) is 8.45. The average molecular weight is 462 g/mol. The lowest BCUT2D eigenvalue weighted by Gasteiger charge is -2.09. The van der Waals surface area contributed by atoms with Crippen LogP contribution in [0.15, 0.2) is 66.9 Å². The van der Waals surface area contributed by atoms with Crippen molar-refractivity contribution in [2.75, 3.05) is 11.9 Å². The number of H-pyrrole nitrogens is 1. The number of halogens is 1. The van der Waals surface area contributed by atoms with Gasteiger partial charge in [0.1, 0.15) is 5.75 Å². The van der Waals surface area contributed by atoms with Gasteiger partial charge in [-0.15, -0.1) is 0 Å². The van der Waals surface area contributed by atoms with E-state index in [1.54, 1.807) is 6.20 Å². The maximum absolute atomic E-state index is 12.5. The Morgan fingerprint density at radius 1 is 1.09 bits per heavy atom. The first kappa shape index (κ1) is 22.9. The summed E-state index contributed by atoms with van der Waals surface area (Å²) >= 11 is 6.26. The molecule has 0 saturated heterocycles. The number of carbonyl (C=O) groups is 1. The van der Waals surface area contributed by atoms with Crippen LogP contribution in [0, 0.1) is 0 Å². The van der Waals surface area contributed by atoms with Crippen LogP contribution in [0.5, 0.6) is 5.75 Å². The number of anilines is 1. The quantitative estimate of drug-likeness (QED) is 0.249. The molecule has 0 saturated carbocycles. The van der Waals surface area contributed by atoms with E-state index in [0.29, 0.717) is 24.5 Å². The van der Waals surface area contributed by atoms with Crippen molar-refractivity contribution in [1.29, 1.82) is 0 Å². The van der Waals surface area contributed by atoms with E-state index in [1.165, 1.54) is 0 Å². The molecule has 0 fully saturated rings. The third-order valence-electron chi connectivity index (χ3n) is 5.52. The number of benzene rings is 2. The second kappa shape index (κ2) is 11.0. The van der Waals surface area contributed by atoms with Crippen molar-refractivity contribution in [3.8, 4) is 17.1 Å². The largest absolute Gasteiger partial charge is 0.494 e. The van der Waals surface area contributed by atoms with Crippen molar-refractivity contribution in [2.24, 2.45) is 0 Å². The van der Waals surface area contributed by atoms with Crippen molar-refractivity contribution in [3.63, 3.8) is 0 Å². The smallest absolute Gasteiger partial charge is 0.224 e. The van der Waals surface area contributed by atoms with Crippen molar-refractivity contribution in [3.05, 3.63) is 77.4 Å². The number of nitrogens with zero attached hydrogens (tertiary/aromatic N) is 1. The molecule has 5 nitrogen and oxygen atoms in total. The molecule has 1 amide bonds. The van der Waals surface area contributed by atoms with Crippen LogP contribution in [0.4, 0.5) is 5.69 Å². The number of carbonyl (C=O) groups excluding carboxylic acids is 1. The molecule has 4 aromatic rings. The van der Waals surface area contributed by atoms with Crippen LogP contribution in [-0.4, -0.2) is 22.5 Å². The summed E-state index contributed by atoms with van der Waals surface area (Å²) in [6.45, 7) is 2.84. The highest BCUT2D eigenvalue weighted by Crippen LogP contribution is 2.32. The molecule has 0 spiro atoms. The first-order chi connectivity index (χ1) is 16.1. The van der Waals surface area contributed by atoms with Gasteiger partial charge < -0.3 is 15.0 Å². The highest BCUT2D eigenvalue weighted by molar-refractivity contribution is 6.31. The third kappa shape index (κ3) is 5.93. The topological polar surface area (TPSA) is 67.0 Å². The van der Waals surface area contributed by atoms with E-state index in [0.717, 1.165) is 58.6 Å². The summed E-state index contributed by atoms with van der Waals surface area (Å²) in [6, 6.07) is 19.2. The van der Waals surface area contributed by atoms with Crippen LogP contribution in [0.2, 0.25) is 5.02 Å². The lowest BCUT2D eigenvalue weighted by Crippen LogP contribution is -2.11. The van der Waals surface area contributed by atoms with Gasteiger partial charge in [-0.2, -0.15) is 0 Å². The summed E-state index contributed by atoms with van der Waals surface area (Å²) < 4.78 is 5.67. The molecule has 0 aliphatic heterocycles. The SMILES string of the molecule is CCCCOc1ccc(NC(=O)CCCc2c(-c3ccccn3)[nH]c3ccc(Cl)cc23)cc1. The highest BCUT2D eigenvalue weighted by Gasteiger charge is 2.15. The Bertz CT molecular complexity index is 1200. The maximum atomic E-state index is 12.5. The summed E-state index contributed by atoms with van der Waals surface area (Å²) in [4.78, 5) is 20.5. The first-order valence-corrected chi connectivity index (χ1v) is 11.8. The average Bonchev–Trinajstić information content (AvgIpc) is 3.18. The molecule has 6 heteroatoms. The Morgan fingerprint density at radius 3 is 2.70 bits per heavy atom. The van der Waals surface area contributed by atoms with Crippen molar-refractivity contribution < 1.29 is 9.53 Å². The number of rotatable bonds is 10. The van der Waals surface area contributed by atoms with Gasteiger partial charge >= 0.3 is 0 Å². The van der Waals surface area contributed by atoms with Gasteiger partial charge in [-0.3, -0.25) is 9.78 Å². The fourth-order valence-electron chi connectivity index (χ4n) is 3.83. The van der Waals surface area contributed by atoms with Gasteiger partial charge in [0, 0.05) is 34.2 Å². The molecule has 0 radical (unpaired) electrons. The molecular weight excluding hydrogens is 434 g/mol. The Kier molecular flexibility index (Phi) is 7.63. The van der Waals surface area contributed by atoms with Crippen LogP contribution in [-0.2, 0) is 11.2 Å². The number of aromatic nitrogens is 2. The predicted molar refractivity (Wildman–Crippen MR) is 135 cm³/mol. The van der Waals surface area contributed by atoms with Crippen molar-refractivity contribution >= 4 is 34.1 Å². The number of aryl methyl sites for hydroxylation is 1. The van der Waals surface area contributed by atoms with E-state index in [9.17, 15) is 4.79 Å². The fourth-order valence-corrected chi connectivity index (χ4v) is 4.00. The molecule has 170 valence electrons. The summed E-state index contributed by atoms with van der Waals surface area (Å²) in [5, 5.41) is 4.73. The summed E-state index contributed by atoms with van der Waals surface area (Å²) in [5.74, 6) is 0.813. The lowest BCUT2D eigenvalue weighted by molar-refractivity contribution is -0.116. The first-order valence-electron chi connectivity index (χ1n) is 11.4. The summed E-state index contributed by atoms with van der Waals surface area (Å²) in [5.41, 5.74) is 4.78. The molecule has 2 aromatic heterocycles. The molecule has 4 rings (SSSR count). The number of unbranched alkanes of at least 4 members (excludes halogenated alkanes) is 1. The molecule has 0 aliphatic rings. The Morgan fingerprint density at radius 2 is 1.94 bits per heavy atom. The molecule has 33 heavy (non-hydrogen) atoms. The molecule has 0 aliphatic carbocycles. The number of hydrogen-bond donors (Lipinski definition) is 2. The van der Waals surface area contributed by atoms with Gasteiger partial charge in [-0.1, -0.05) is 31.0 Å². The molecule has 0 atom stereocenters. The number of amides is 1. The normalized spacial score (nSPS) is 11.0. The minimum absolute atomic E-state index is 0.00749. The second-order valence-electron chi connectivity index (χ2n) is 8.01. The van der Waals surface area contributed by atoms with E-state index in [-0.39, 0.29) is 5.91 Å². The van der Waals surface area contributed by atoms with Gasteiger partial charge in [0.2, 0.25) is 5.91 Å². The number of nitrogens with one attached hydrogen (secondary N) is 2.